The Morgan fingerprint density at radius 3 is 2.59 bits per heavy atom. The molecule has 5 rings (SSSR count). The number of carbonyl (C=O) groups is 2. The average Bonchev–Trinajstić information content (AvgIpc) is 3.52. The van der Waals surface area contributed by atoms with Gasteiger partial charge in [-0.25, -0.2) is 9.97 Å². The third-order valence-electron chi connectivity index (χ3n) is 5.91. The normalized spacial score (nSPS) is 11.5. The van der Waals surface area contributed by atoms with Crippen LogP contribution in [0.15, 0.2) is 79.0 Å². The zero-order valence-corrected chi connectivity index (χ0v) is 22.1. The van der Waals surface area contributed by atoms with Crippen LogP contribution < -0.4 is 10.6 Å². The molecule has 0 saturated carbocycles. The molecule has 5 aromatic rings. The second-order valence-electron chi connectivity index (χ2n) is 9.67. The van der Waals surface area contributed by atoms with Crippen molar-refractivity contribution in [3.8, 4) is 10.4 Å². The summed E-state index contributed by atoms with van der Waals surface area (Å²) in [6.45, 7) is 3.65. The molecule has 0 aliphatic rings. The Balaban J connectivity index is 1.38. The Bertz CT molecular complexity index is 1660. The van der Waals surface area contributed by atoms with E-state index in [9.17, 15) is 19.1 Å². The summed E-state index contributed by atoms with van der Waals surface area (Å²) in [6.07, 6.45) is 1.38. The first-order valence-corrected chi connectivity index (χ1v) is 13.1. The van der Waals surface area contributed by atoms with Gasteiger partial charge in [-0.1, -0.05) is 30.3 Å². The molecule has 0 atom stereocenters. The Kier molecular flexibility index (Phi) is 7.23. The van der Waals surface area contributed by atoms with Crippen LogP contribution in [-0.2, 0) is 6.54 Å². The maximum atomic E-state index is 13.5. The third-order valence-corrected chi connectivity index (χ3v) is 7.04. The topological polar surface area (TPSA) is 109 Å². The number of fused-ring (bicyclic) bond motifs is 1. The van der Waals surface area contributed by atoms with Crippen molar-refractivity contribution in [3.05, 3.63) is 95.4 Å². The molecule has 0 spiro atoms. The summed E-state index contributed by atoms with van der Waals surface area (Å²) < 4.78 is 15.3. The maximum absolute atomic E-state index is 13.5. The van der Waals surface area contributed by atoms with E-state index in [1.807, 2.05) is 30.3 Å². The number of imidazole rings is 1. The molecule has 0 saturated heterocycles. The fourth-order valence-electron chi connectivity index (χ4n) is 4.12. The van der Waals surface area contributed by atoms with Gasteiger partial charge in [0.15, 0.2) is 5.78 Å². The fraction of sp³-hybridized carbons (Fsp3) is 0.172. The predicted molar refractivity (Wildman–Crippen MR) is 151 cm³/mol. The van der Waals surface area contributed by atoms with E-state index in [1.165, 1.54) is 23.6 Å². The van der Waals surface area contributed by atoms with Crippen molar-refractivity contribution < 1.29 is 19.1 Å². The van der Waals surface area contributed by atoms with Gasteiger partial charge < -0.3 is 15.0 Å². The van der Waals surface area contributed by atoms with Crippen molar-refractivity contribution in [1.29, 1.82) is 0 Å². The summed E-state index contributed by atoms with van der Waals surface area (Å²) in [7, 11) is 0. The molecule has 8 nitrogen and oxygen atoms in total. The number of nitrogens with one attached hydrogen (secondary N) is 2. The number of pyridine rings is 1. The number of benzene rings is 2. The molecule has 1 amide bonds. The predicted octanol–water partition coefficient (Wildman–Crippen LogP) is 5.62. The zero-order chi connectivity index (χ0) is 27.6. The van der Waals surface area contributed by atoms with Crippen molar-refractivity contribution in [2.24, 2.45) is 0 Å². The van der Waals surface area contributed by atoms with Gasteiger partial charge in [0.1, 0.15) is 0 Å². The smallest absolute Gasteiger partial charge is 0.268 e. The van der Waals surface area contributed by atoms with Crippen molar-refractivity contribution in [3.63, 3.8) is 0 Å². The minimum absolute atomic E-state index is 0.0407. The van der Waals surface area contributed by atoms with Gasteiger partial charge in [0.2, 0.25) is 11.9 Å². The fourth-order valence-corrected chi connectivity index (χ4v) is 5.02. The van der Waals surface area contributed by atoms with E-state index in [0.29, 0.717) is 32.7 Å². The molecule has 3 heterocycles. The van der Waals surface area contributed by atoms with Gasteiger partial charge in [-0.15, -0.1) is 11.3 Å². The van der Waals surface area contributed by atoms with E-state index < -0.39 is 11.5 Å². The summed E-state index contributed by atoms with van der Waals surface area (Å²) in [6, 6.07) is 20.9. The van der Waals surface area contributed by atoms with Gasteiger partial charge in [-0.3, -0.25) is 14.9 Å². The number of carbonyl (C=O) groups excluding carboxylic acids is 2. The number of ketones is 1. The molecule has 0 unspecified atom stereocenters. The van der Waals surface area contributed by atoms with Gasteiger partial charge in [0, 0.05) is 28.4 Å². The number of thiophene rings is 1. The van der Waals surface area contributed by atoms with Crippen LogP contribution in [0.3, 0.4) is 0 Å². The Morgan fingerprint density at radius 2 is 1.85 bits per heavy atom. The van der Waals surface area contributed by atoms with E-state index >= 15 is 0 Å². The second kappa shape index (κ2) is 10.8. The summed E-state index contributed by atoms with van der Waals surface area (Å²) >= 11 is 1.22. The lowest BCUT2D eigenvalue weighted by atomic mass is 10.1. The molecule has 0 bridgehead atoms. The van der Waals surface area contributed by atoms with Gasteiger partial charge >= 0.3 is 0 Å². The molecule has 0 aliphatic carbocycles. The highest BCUT2D eigenvalue weighted by Crippen LogP contribution is 2.30. The van der Waals surface area contributed by atoms with Crippen LogP contribution in [-0.4, -0.2) is 43.5 Å². The number of hydrogen-bond donors (Lipinski definition) is 3. The van der Waals surface area contributed by atoms with Gasteiger partial charge in [0.05, 0.1) is 34.6 Å². The lowest BCUT2D eigenvalue weighted by Crippen LogP contribution is -2.27. The van der Waals surface area contributed by atoms with E-state index in [0.717, 1.165) is 4.88 Å². The summed E-state index contributed by atoms with van der Waals surface area (Å²) in [5, 5.41) is 16.5. The van der Waals surface area contributed by atoms with Gasteiger partial charge in [-0.05, 0) is 55.8 Å². The van der Waals surface area contributed by atoms with Crippen molar-refractivity contribution in [2.75, 3.05) is 17.2 Å². The second-order valence-corrected chi connectivity index (χ2v) is 10.7. The number of nitrogens with zero attached hydrogens (tertiary/aromatic N) is 3. The number of aliphatic hydroxyl groups is 1. The molecule has 0 radical (unpaired) electrons. The minimum Gasteiger partial charge on any atom is -0.389 e. The van der Waals surface area contributed by atoms with Crippen LogP contribution in [0.2, 0.25) is 0 Å². The van der Waals surface area contributed by atoms with Crippen LogP contribution in [0.5, 0.6) is 0 Å². The lowest BCUT2D eigenvalue weighted by Gasteiger charge is -2.20. The number of anilines is 2. The van der Waals surface area contributed by atoms with Crippen LogP contribution in [0, 0.1) is 5.95 Å². The molecule has 39 heavy (non-hydrogen) atoms. The third kappa shape index (κ3) is 6.19. The molecule has 2 aromatic carbocycles. The Hall–Kier alpha value is -4.41. The number of Topliss-reactive ketones (excluding diaryl/α,β-unsaturated/α-hetero) is 1. The highest BCUT2D eigenvalue weighted by Gasteiger charge is 2.22. The number of halogens is 1. The molecule has 0 fully saturated rings. The van der Waals surface area contributed by atoms with E-state index in [4.69, 9.17) is 0 Å². The van der Waals surface area contributed by atoms with E-state index in [-0.39, 0.29) is 30.7 Å². The van der Waals surface area contributed by atoms with E-state index in [1.54, 1.807) is 54.8 Å². The van der Waals surface area contributed by atoms with E-state index in [2.05, 4.69) is 20.6 Å². The Labute approximate surface area is 228 Å². The molecule has 3 N–H and O–H groups in total. The zero-order valence-electron chi connectivity index (χ0n) is 21.3. The van der Waals surface area contributed by atoms with Crippen LogP contribution in [0.25, 0.3) is 21.5 Å². The van der Waals surface area contributed by atoms with Crippen molar-refractivity contribution >= 4 is 45.7 Å². The number of hydrogen-bond acceptors (Lipinski definition) is 7. The maximum Gasteiger partial charge on any atom is 0.268 e. The Morgan fingerprint density at radius 1 is 1.05 bits per heavy atom. The number of rotatable bonds is 9. The summed E-state index contributed by atoms with van der Waals surface area (Å²) in [4.78, 5) is 35.0. The van der Waals surface area contributed by atoms with Gasteiger partial charge in [0.25, 0.3) is 5.91 Å². The highest BCUT2D eigenvalue weighted by molar-refractivity contribution is 7.17. The first-order valence-electron chi connectivity index (χ1n) is 12.2. The highest BCUT2D eigenvalue weighted by atomic mass is 32.1. The first kappa shape index (κ1) is 26.2. The quantitative estimate of drug-likeness (QED) is 0.165. The monoisotopic (exact) mass is 543 g/mol. The summed E-state index contributed by atoms with van der Waals surface area (Å²) in [5.41, 5.74) is 2.18. The lowest BCUT2D eigenvalue weighted by molar-refractivity contribution is 0.0630. The van der Waals surface area contributed by atoms with Crippen LogP contribution in [0.4, 0.5) is 16.0 Å². The van der Waals surface area contributed by atoms with Crippen molar-refractivity contribution in [2.45, 2.75) is 26.0 Å². The molecule has 0 aliphatic heterocycles. The molecule has 10 heteroatoms. The number of aromatic nitrogens is 3. The summed E-state index contributed by atoms with van der Waals surface area (Å²) in [5.74, 6) is -0.731. The van der Waals surface area contributed by atoms with Crippen LogP contribution in [0.1, 0.15) is 33.9 Å². The van der Waals surface area contributed by atoms with Crippen LogP contribution >= 0.6 is 11.3 Å². The molecular weight excluding hydrogens is 517 g/mol. The number of amides is 1. The minimum atomic E-state index is -1.08. The van der Waals surface area contributed by atoms with Gasteiger partial charge in [-0.2, -0.15) is 4.39 Å². The molecule has 3 aromatic heterocycles. The SMILES string of the molecule is CC(C)(O)Cn1c(NC(=O)c2ccc(-c3ccnc(F)c3)s2)nc2cc(NCC(=O)c3ccccc3)ccc21. The standard InChI is InChI=1S/C29H26FN5O3S/c1-29(2,38)17-35-22-9-8-20(32-16-23(36)18-6-4-3-5-7-18)15-21(22)33-28(35)34-27(37)25-11-10-24(39-25)19-12-13-31-26(30)14-19/h3-15,32,38H,16-17H2,1-2H3,(H,33,34,37). The van der Waals surface area contributed by atoms with Crippen molar-refractivity contribution in [1.82, 2.24) is 14.5 Å². The first-order chi connectivity index (χ1) is 18.7. The largest absolute Gasteiger partial charge is 0.389 e. The molecule has 198 valence electrons. The molecular formula is C29H26FN5O3S. The average molecular weight is 544 g/mol.